The van der Waals surface area contributed by atoms with Gasteiger partial charge in [0.1, 0.15) is 0 Å². The summed E-state index contributed by atoms with van der Waals surface area (Å²) in [4.78, 5) is 9.92. The van der Waals surface area contributed by atoms with Gasteiger partial charge in [0.05, 0.1) is 0 Å². The van der Waals surface area contributed by atoms with Gasteiger partial charge in [-0.1, -0.05) is 35.9 Å². The van der Waals surface area contributed by atoms with Gasteiger partial charge in [-0.2, -0.15) is 0 Å². The fourth-order valence-corrected chi connectivity index (χ4v) is 1.41. The van der Waals surface area contributed by atoms with E-state index in [0.717, 1.165) is 24.3 Å². The summed E-state index contributed by atoms with van der Waals surface area (Å²) < 4.78 is 0. The second-order valence-electron chi connectivity index (χ2n) is 3.32. The summed E-state index contributed by atoms with van der Waals surface area (Å²) in [6.07, 6.45) is 9.30. The SMILES string of the molecule is O=[C]CCC=CCCc1ccc(Cl)cc1. The lowest BCUT2D eigenvalue weighted by Crippen LogP contribution is -1.82. The predicted molar refractivity (Wildman–Crippen MR) is 63.8 cm³/mol. The third-order valence-corrected chi connectivity index (χ3v) is 2.34. The summed E-state index contributed by atoms with van der Waals surface area (Å²) >= 11 is 5.78. The molecule has 0 atom stereocenters. The first-order valence-electron chi connectivity index (χ1n) is 5.07. The van der Waals surface area contributed by atoms with Crippen LogP contribution < -0.4 is 0 Å². The van der Waals surface area contributed by atoms with Crippen LogP contribution in [0.5, 0.6) is 0 Å². The highest BCUT2D eigenvalue weighted by atomic mass is 35.5. The van der Waals surface area contributed by atoms with Gasteiger partial charge in [-0.05, 0) is 37.0 Å². The van der Waals surface area contributed by atoms with E-state index in [4.69, 9.17) is 11.6 Å². The molecule has 0 saturated carbocycles. The Balaban J connectivity index is 2.22. The number of aryl methyl sites for hydroxylation is 1. The maximum absolute atomic E-state index is 9.92. The summed E-state index contributed by atoms with van der Waals surface area (Å²) in [5, 5.41) is 0.774. The fraction of sp³-hybridized carbons (Fsp3) is 0.308. The van der Waals surface area contributed by atoms with Crippen LogP contribution in [-0.2, 0) is 11.2 Å². The number of hydrogen-bond donors (Lipinski definition) is 0. The molecular formula is C13H14ClO. The van der Waals surface area contributed by atoms with Crippen molar-refractivity contribution in [2.45, 2.75) is 25.7 Å². The molecule has 0 bridgehead atoms. The highest BCUT2D eigenvalue weighted by Crippen LogP contribution is 2.11. The molecule has 0 amide bonds. The maximum Gasteiger partial charge on any atom is 0.198 e. The van der Waals surface area contributed by atoms with Gasteiger partial charge in [0.25, 0.3) is 0 Å². The van der Waals surface area contributed by atoms with Gasteiger partial charge in [0, 0.05) is 11.4 Å². The second-order valence-corrected chi connectivity index (χ2v) is 3.76. The first-order valence-corrected chi connectivity index (χ1v) is 5.45. The molecule has 1 rings (SSSR count). The normalized spacial score (nSPS) is 10.7. The van der Waals surface area contributed by atoms with Crippen LogP contribution in [0.4, 0.5) is 0 Å². The molecule has 0 unspecified atom stereocenters. The molecule has 0 saturated heterocycles. The first kappa shape index (κ1) is 12.0. The topological polar surface area (TPSA) is 17.1 Å². The molecule has 79 valence electrons. The monoisotopic (exact) mass is 221 g/mol. The lowest BCUT2D eigenvalue weighted by Gasteiger charge is -1.97. The molecule has 0 aliphatic heterocycles. The van der Waals surface area contributed by atoms with Crippen molar-refractivity contribution < 1.29 is 4.79 Å². The summed E-state index contributed by atoms with van der Waals surface area (Å²) in [6, 6.07) is 7.88. The predicted octanol–water partition coefficient (Wildman–Crippen LogP) is 3.72. The zero-order valence-electron chi connectivity index (χ0n) is 8.58. The Labute approximate surface area is 95.8 Å². The average Bonchev–Trinajstić information content (AvgIpc) is 2.26. The summed E-state index contributed by atoms with van der Waals surface area (Å²) in [7, 11) is 0. The van der Waals surface area contributed by atoms with Crippen molar-refractivity contribution in [1.82, 2.24) is 0 Å². The minimum atomic E-state index is 0.497. The van der Waals surface area contributed by atoms with E-state index in [1.54, 1.807) is 0 Å². The van der Waals surface area contributed by atoms with Gasteiger partial charge in [-0.3, -0.25) is 4.79 Å². The van der Waals surface area contributed by atoms with Crippen molar-refractivity contribution in [3.63, 3.8) is 0 Å². The van der Waals surface area contributed by atoms with Gasteiger partial charge in [-0.25, -0.2) is 0 Å². The van der Waals surface area contributed by atoms with Crippen LogP contribution in [-0.4, -0.2) is 6.29 Å². The highest BCUT2D eigenvalue weighted by molar-refractivity contribution is 6.30. The van der Waals surface area contributed by atoms with Crippen molar-refractivity contribution in [2.75, 3.05) is 0 Å². The van der Waals surface area contributed by atoms with Crippen molar-refractivity contribution in [1.29, 1.82) is 0 Å². The number of unbranched alkanes of at least 4 members (excludes halogenated alkanes) is 1. The van der Waals surface area contributed by atoms with E-state index in [2.05, 4.69) is 6.08 Å². The van der Waals surface area contributed by atoms with E-state index in [-0.39, 0.29) is 0 Å². The van der Waals surface area contributed by atoms with E-state index in [1.165, 1.54) is 5.56 Å². The first-order chi connectivity index (χ1) is 7.33. The summed E-state index contributed by atoms with van der Waals surface area (Å²) in [5.41, 5.74) is 1.28. The van der Waals surface area contributed by atoms with Crippen LogP contribution in [0.15, 0.2) is 36.4 Å². The van der Waals surface area contributed by atoms with Crippen LogP contribution in [0.1, 0.15) is 24.8 Å². The Hall–Kier alpha value is -1.08. The van der Waals surface area contributed by atoms with E-state index < -0.39 is 0 Å². The molecular weight excluding hydrogens is 208 g/mol. The van der Waals surface area contributed by atoms with Crippen LogP contribution in [0, 0.1) is 0 Å². The molecule has 0 fully saturated rings. The Morgan fingerprint density at radius 2 is 1.80 bits per heavy atom. The molecule has 15 heavy (non-hydrogen) atoms. The van der Waals surface area contributed by atoms with E-state index in [0.29, 0.717) is 6.42 Å². The summed E-state index contributed by atoms with van der Waals surface area (Å²) in [5.74, 6) is 0. The van der Waals surface area contributed by atoms with Crippen molar-refractivity contribution in [3.05, 3.63) is 47.0 Å². The highest BCUT2D eigenvalue weighted by Gasteiger charge is 1.91. The Morgan fingerprint density at radius 3 is 2.47 bits per heavy atom. The number of hydrogen-bond acceptors (Lipinski definition) is 1. The third-order valence-electron chi connectivity index (χ3n) is 2.09. The van der Waals surface area contributed by atoms with E-state index in [1.807, 2.05) is 36.6 Å². The molecule has 1 nitrogen and oxygen atoms in total. The molecule has 0 aliphatic rings. The maximum atomic E-state index is 9.92. The fourth-order valence-electron chi connectivity index (χ4n) is 1.28. The number of carbonyl (C=O) groups excluding carboxylic acids is 1. The number of allylic oxidation sites excluding steroid dienone is 2. The van der Waals surface area contributed by atoms with Crippen molar-refractivity contribution in [2.24, 2.45) is 0 Å². The van der Waals surface area contributed by atoms with Gasteiger partial charge in [0.2, 0.25) is 0 Å². The van der Waals surface area contributed by atoms with E-state index in [9.17, 15) is 4.79 Å². The van der Waals surface area contributed by atoms with Gasteiger partial charge >= 0.3 is 0 Å². The zero-order chi connectivity index (χ0) is 10.9. The third kappa shape index (κ3) is 5.38. The zero-order valence-corrected chi connectivity index (χ0v) is 9.33. The molecule has 1 radical (unpaired) electrons. The lowest BCUT2D eigenvalue weighted by molar-refractivity contribution is 0.551. The minimum Gasteiger partial charge on any atom is -0.291 e. The number of rotatable bonds is 6. The second kappa shape index (κ2) is 7.24. The Kier molecular flexibility index (Phi) is 5.79. The average molecular weight is 222 g/mol. The van der Waals surface area contributed by atoms with E-state index >= 15 is 0 Å². The van der Waals surface area contributed by atoms with Gasteiger partial charge < -0.3 is 0 Å². The smallest absolute Gasteiger partial charge is 0.198 e. The van der Waals surface area contributed by atoms with Gasteiger partial charge in [0.15, 0.2) is 6.29 Å². The molecule has 0 aliphatic carbocycles. The quantitative estimate of drug-likeness (QED) is 0.529. The number of halogens is 1. The van der Waals surface area contributed by atoms with Crippen molar-refractivity contribution in [3.8, 4) is 0 Å². The summed E-state index contributed by atoms with van der Waals surface area (Å²) in [6.45, 7) is 0. The lowest BCUT2D eigenvalue weighted by atomic mass is 10.1. The molecule has 0 heterocycles. The molecule has 2 heteroatoms. The molecule has 0 N–H and O–H groups in total. The van der Waals surface area contributed by atoms with Crippen LogP contribution in [0.2, 0.25) is 5.02 Å². The Bertz CT molecular complexity index is 314. The molecule has 0 spiro atoms. The minimum absolute atomic E-state index is 0.497. The standard InChI is InChI=1S/C13H14ClO/c14-13-9-7-12(8-10-13)6-4-2-1-3-5-11-15/h1-2,7-10H,3-6H2. The molecule has 1 aromatic rings. The largest absolute Gasteiger partial charge is 0.291 e. The van der Waals surface area contributed by atoms with Crippen LogP contribution >= 0.6 is 11.6 Å². The Morgan fingerprint density at radius 1 is 1.13 bits per heavy atom. The number of benzene rings is 1. The molecule has 0 aromatic heterocycles. The molecule has 1 aromatic carbocycles. The van der Waals surface area contributed by atoms with Crippen LogP contribution in [0.3, 0.4) is 0 Å². The van der Waals surface area contributed by atoms with Gasteiger partial charge in [-0.15, -0.1) is 0 Å². The van der Waals surface area contributed by atoms with Crippen molar-refractivity contribution >= 4 is 17.9 Å². The van der Waals surface area contributed by atoms with Crippen LogP contribution in [0.25, 0.3) is 0 Å².